The number of carbonyl (C=O) groups is 1. The normalized spacial score (nSPS) is 20.3. The zero-order valence-corrected chi connectivity index (χ0v) is 15.3. The molecule has 2 N–H and O–H groups in total. The Morgan fingerprint density at radius 1 is 1.19 bits per heavy atom. The second-order valence-electron chi connectivity index (χ2n) is 6.96. The molecule has 5 nitrogen and oxygen atoms in total. The number of hydrogen-bond donors (Lipinski definition) is 2. The SMILES string of the molecule is C[C@@H](NC(=O)[C@@H]1C[C@@H](Oc2ccc3cnccc3c2)CN1)c1ccccc1. The fraction of sp³-hybridized carbons (Fsp3) is 0.273. The summed E-state index contributed by atoms with van der Waals surface area (Å²) in [5.41, 5.74) is 1.10. The lowest BCUT2D eigenvalue weighted by atomic mass is 10.1. The van der Waals surface area contributed by atoms with E-state index >= 15 is 0 Å². The highest BCUT2D eigenvalue weighted by Crippen LogP contribution is 2.23. The molecule has 27 heavy (non-hydrogen) atoms. The van der Waals surface area contributed by atoms with Gasteiger partial charge in [-0.25, -0.2) is 0 Å². The molecule has 0 radical (unpaired) electrons. The molecular formula is C22H23N3O2. The third-order valence-electron chi connectivity index (χ3n) is 4.98. The van der Waals surface area contributed by atoms with Gasteiger partial charge in [0.1, 0.15) is 11.9 Å². The van der Waals surface area contributed by atoms with Crippen molar-refractivity contribution in [3.8, 4) is 5.75 Å². The standard InChI is InChI=1S/C22H23N3O2/c1-15(16-5-3-2-4-6-16)25-22(26)21-12-20(14-24-21)27-19-8-7-18-13-23-10-9-17(18)11-19/h2-11,13,15,20-21,24H,12,14H2,1H3,(H,25,26)/t15-,20-,21+/m1/s1. The van der Waals surface area contributed by atoms with Crippen LogP contribution in [0.5, 0.6) is 5.75 Å². The molecule has 2 heterocycles. The number of rotatable bonds is 5. The molecule has 1 aliphatic rings. The number of nitrogens with zero attached hydrogens (tertiary/aromatic N) is 1. The summed E-state index contributed by atoms with van der Waals surface area (Å²) in [6.07, 6.45) is 4.25. The monoisotopic (exact) mass is 361 g/mol. The van der Waals surface area contributed by atoms with Crippen molar-refractivity contribution in [3.05, 3.63) is 72.6 Å². The highest BCUT2D eigenvalue weighted by atomic mass is 16.5. The van der Waals surface area contributed by atoms with E-state index in [4.69, 9.17) is 4.74 Å². The van der Waals surface area contributed by atoms with Gasteiger partial charge in [-0.1, -0.05) is 30.3 Å². The Morgan fingerprint density at radius 2 is 2.04 bits per heavy atom. The first-order valence-electron chi connectivity index (χ1n) is 9.28. The predicted molar refractivity (Wildman–Crippen MR) is 106 cm³/mol. The van der Waals surface area contributed by atoms with Gasteiger partial charge in [0.05, 0.1) is 12.1 Å². The Kier molecular flexibility index (Phi) is 5.03. The second kappa shape index (κ2) is 7.76. The summed E-state index contributed by atoms with van der Waals surface area (Å²) in [6.45, 7) is 2.66. The molecule has 0 unspecified atom stereocenters. The van der Waals surface area contributed by atoms with E-state index in [0.717, 1.165) is 22.1 Å². The van der Waals surface area contributed by atoms with Gasteiger partial charge in [0.15, 0.2) is 0 Å². The first-order chi connectivity index (χ1) is 13.2. The molecule has 4 rings (SSSR count). The minimum Gasteiger partial charge on any atom is -0.489 e. The Balaban J connectivity index is 1.34. The fourth-order valence-electron chi connectivity index (χ4n) is 3.46. The van der Waals surface area contributed by atoms with Crippen LogP contribution in [0, 0.1) is 0 Å². The van der Waals surface area contributed by atoms with Crippen LogP contribution in [0.4, 0.5) is 0 Å². The van der Waals surface area contributed by atoms with Crippen molar-refractivity contribution in [1.82, 2.24) is 15.6 Å². The van der Waals surface area contributed by atoms with Crippen LogP contribution in [0.2, 0.25) is 0 Å². The van der Waals surface area contributed by atoms with Gasteiger partial charge in [-0.2, -0.15) is 0 Å². The number of ether oxygens (including phenoxy) is 1. The molecule has 5 heteroatoms. The first kappa shape index (κ1) is 17.5. The fourth-order valence-corrected chi connectivity index (χ4v) is 3.46. The molecule has 2 aromatic carbocycles. The third kappa shape index (κ3) is 4.09. The van der Waals surface area contributed by atoms with Gasteiger partial charge in [-0.3, -0.25) is 9.78 Å². The summed E-state index contributed by atoms with van der Waals surface area (Å²) in [4.78, 5) is 16.7. The van der Waals surface area contributed by atoms with Gasteiger partial charge in [0.2, 0.25) is 5.91 Å². The van der Waals surface area contributed by atoms with Crippen molar-refractivity contribution >= 4 is 16.7 Å². The average Bonchev–Trinajstić information content (AvgIpc) is 3.17. The van der Waals surface area contributed by atoms with Crippen molar-refractivity contribution < 1.29 is 9.53 Å². The van der Waals surface area contributed by atoms with Gasteiger partial charge in [-0.15, -0.1) is 0 Å². The van der Waals surface area contributed by atoms with Crippen molar-refractivity contribution in [1.29, 1.82) is 0 Å². The number of amides is 1. The highest BCUT2D eigenvalue weighted by Gasteiger charge is 2.31. The van der Waals surface area contributed by atoms with Gasteiger partial charge in [-0.05, 0) is 42.1 Å². The Morgan fingerprint density at radius 3 is 2.89 bits per heavy atom. The van der Waals surface area contributed by atoms with Crippen LogP contribution in [0.1, 0.15) is 24.9 Å². The topological polar surface area (TPSA) is 63.2 Å². The quantitative estimate of drug-likeness (QED) is 0.732. The first-order valence-corrected chi connectivity index (χ1v) is 9.28. The lowest BCUT2D eigenvalue weighted by molar-refractivity contribution is -0.123. The largest absolute Gasteiger partial charge is 0.489 e. The van der Waals surface area contributed by atoms with Crippen molar-refractivity contribution in [2.45, 2.75) is 31.5 Å². The molecule has 138 valence electrons. The maximum Gasteiger partial charge on any atom is 0.237 e. The number of hydrogen-bond acceptors (Lipinski definition) is 4. The third-order valence-corrected chi connectivity index (χ3v) is 4.98. The number of carbonyl (C=O) groups excluding carboxylic acids is 1. The van der Waals surface area contributed by atoms with Crippen LogP contribution in [0.3, 0.4) is 0 Å². The maximum absolute atomic E-state index is 12.6. The van der Waals surface area contributed by atoms with Crippen LogP contribution < -0.4 is 15.4 Å². The van der Waals surface area contributed by atoms with Crippen molar-refractivity contribution in [2.75, 3.05) is 6.54 Å². The zero-order chi connectivity index (χ0) is 18.6. The van der Waals surface area contributed by atoms with Gasteiger partial charge in [0.25, 0.3) is 0 Å². The summed E-state index contributed by atoms with van der Waals surface area (Å²) in [5, 5.41) is 8.54. The lowest BCUT2D eigenvalue weighted by Crippen LogP contribution is -2.41. The van der Waals surface area contributed by atoms with Crippen LogP contribution in [0.25, 0.3) is 10.8 Å². The molecule has 0 bridgehead atoms. The van der Waals surface area contributed by atoms with E-state index in [1.165, 1.54) is 0 Å². The van der Waals surface area contributed by atoms with Crippen LogP contribution in [-0.2, 0) is 4.79 Å². The minimum atomic E-state index is -0.231. The second-order valence-corrected chi connectivity index (χ2v) is 6.96. The Hall–Kier alpha value is -2.92. The van der Waals surface area contributed by atoms with E-state index in [0.29, 0.717) is 13.0 Å². The summed E-state index contributed by atoms with van der Waals surface area (Å²) in [5.74, 6) is 0.834. The molecule has 1 aliphatic heterocycles. The molecule has 0 aliphatic carbocycles. The van der Waals surface area contributed by atoms with E-state index in [2.05, 4.69) is 15.6 Å². The smallest absolute Gasteiger partial charge is 0.237 e. The van der Waals surface area contributed by atoms with E-state index in [-0.39, 0.29) is 24.1 Å². The van der Waals surface area contributed by atoms with Crippen molar-refractivity contribution in [3.63, 3.8) is 0 Å². The zero-order valence-electron chi connectivity index (χ0n) is 15.3. The number of nitrogens with one attached hydrogen (secondary N) is 2. The molecule has 3 atom stereocenters. The average molecular weight is 361 g/mol. The van der Waals surface area contributed by atoms with Crippen LogP contribution >= 0.6 is 0 Å². The number of aromatic nitrogens is 1. The number of fused-ring (bicyclic) bond motifs is 1. The Bertz CT molecular complexity index is 929. The Labute approximate surface area is 158 Å². The number of benzene rings is 2. The van der Waals surface area contributed by atoms with E-state index in [1.54, 1.807) is 6.20 Å². The van der Waals surface area contributed by atoms with E-state index in [9.17, 15) is 4.79 Å². The molecule has 1 amide bonds. The predicted octanol–water partition coefficient (Wildman–Crippen LogP) is 3.22. The lowest BCUT2D eigenvalue weighted by Gasteiger charge is -2.18. The summed E-state index contributed by atoms with van der Waals surface area (Å²) >= 11 is 0. The van der Waals surface area contributed by atoms with Gasteiger partial charge in [0, 0.05) is 30.7 Å². The molecule has 1 aromatic heterocycles. The summed E-state index contributed by atoms with van der Waals surface area (Å²) in [7, 11) is 0. The van der Waals surface area contributed by atoms with E-state index < -0.39 is 0 Å². The van der Waals surface area contributed by atoms with Gasteiger partial charge >= 0.3 is 0 Å². The molecule has 1 saturated heterocycles. The van der Waals surface area contributed by atoms with E-state index in [1.807, 2.05) is 67.7 Å². The number of pyridine rings is 1. The molecule has 0 spiro atoms. The summed E-state index contributed by atoms with van der Waals surface area (Å²) in [6, 6.07) is 17.7. The minimum absolute atomic E-state index is 0.0158. The molecule has 3 aromatic rings. The molecular weight excluding hydrogens is 338 g/mol. The van der Waals surface area contributed by atoms with Crippen molar-refractivity contribution in [2.24, 2.45) is 0 Å². The maximum atomic E-state index is 12.6. The van der Waals surface area contributed by atoms with Crippen LogP contribution in [0.15, 0.2) is 67.0 Å². The van der Waals surface area contributed by atoms with Crippen LogP contribution in [-0.4, -0.2) is 29.6 Å². The summed E-state index contributed by atoms with van der Waals surface area (Å²) < 4.78 is 6.09. The molecule has 1 fully saturated rings. The molecule has 0 saturated carbocycles. The highest BCUT2D eigenvalue weighted by molar-refractivity contribution is 5.83. The van der Waals surface area contributed by atoms with Gasteiger partial charge < -0.3 is 15.4 Å².